The molecule has 1 heterocycles. The number of ether oxygens (including phenoxy) is 1. The van der Waals surface area contributed by atoms with Crippen LogP contribution < -0.4 is 10.1 Å². The van der Waals surface area contributed by atoms with Crippen LogP contribution >= 0.6 is 11.6 Å². The Bertz CT molecular complexity index is 961. The highest BCUT2D eigenvalue weighted by molar-refractivity contribution is 6.30. The summed E-state index contributed by atoms with van der Waals surface area (Å²) >= 11 is 5.83. The number of carbonyl (C=O) groups excluding carboxylic acids is 2. The Morgan fingerprint density at radius 1 is 0.966 bits per heavy atom. The van der Waals surface area contributed by atoms with E-state index in [-0.39, 0.29) is 17.5 Å². The lowest BCUT2D eigenvalue weighted by Crippen LogP contribution is -2.24. The first-order valence-electron chi connectivity index (χ1n) is 9.41. The quantitative estimate of drug-likeness (QED) is 0.378. The van der Waals surface area contributed by atoms with Crippen LogP contribution in [0.4, 0.5) is 0 Å². The van der Waals surface area contributed by atoms with Gasteiger partial charge in [0.1, 0.15) is 11.5 Å². The molecule has 0 aliphatic carbocycles. The Hall–Kier alpha value is -3.05. The number of amides is 1. The summed E-state index contributed by atoms with van der Waals surface area (Å²) in [5, 5.41) is 3.52. The number of halogens is 1. The summed E-state index contributed by atoms with van der Waals surface area (Å²) < 4.78 is 11.3. The van der Waals surface area contributed by atoms with Crippen molar-refractivity contribution in [3.05, 3.63) is 77.0 Å². The van der Waals surface area contributed by atoms with Crippen molar-refractivity contribution in [2.45, 2.75) is 19.8 Å². The lowest BCUT2D eigenvalue weighted by atomic mass is 10.1. The average molecular weight is 412 g/mol. The Morgan fingerprint density at radius 2 is 1.69 bits per heavy atom. The molecule has 6 heteroatoms. The minimum atomic E-state index is -0.254. The van der Waals surface area contributed by atoms with Crippen LogP contribution in [-0.4, -0.2) is 24.8 Å². The van der Waals surface area contributed by atoms with Crippen molar-refractivity contribution in [1.82, 2.24) is 5.32 Å². The van der Waals surface area contributed by atoms with E-state index in [1.54, 1.807) is 48.5 Å². The summed E-state index contributed by atoms with van der Waals surface area (Å²) in [7, 11) is 0. The Balaban J connectivity index is 1.41. The molecule has 0 atom stereocenters. The van der Waals surface area contributed by atoms with Gasteiger partial charge in [0.25, 0.3) is 5.91 Å². The van der Waals surface area contributed by atoms with Crippen LogP contribution in [0.1, 0.15) is 40.7 Å². The summed E-state index contributed by atoms with van der Waals surface area (Å²) in [6.07, 6.45) is 1.61. The maximum atomic E-state index is 12.2. The molecule has 0 aliphatic heterocycles. The van der Waals surface area contributed by atoms with Gasteiger partial charge in [-0.2, -0.15) is 0 Å². The maximum Gasteiger partial charge on any atom is 0.287 e. The minimum absolute atomic E-state index is 0.00891. The van der Waals surface area contributed by atoms with Crippen LogP contribution in [0.15, 0.2) is 65.1 Å². The van der Waals surface area contributed by atoms with Gasteiger partial charge in [0.15, 0.2) is 11.5 Å². The van der Waals surface area contributed by atoms with E-state index in [0.29, 0.717) is 29.5 Å². The van der Waals surface area contributed by atoms with E-state index in [1.807, 2.05) is 12.1 Å². The largest absolute Gasteiger partial charge is 0.494 e. The lowest BCUT2D eigenvalue weighted by molar-refractivity contribution is 0.0925. The fourth-order valence-corrected chi connectivity index (χ4v) is 2.85. The molecule has 0 fully saturated rings. The van der Waals surface area contributed by atoms with E-state index < -0.39 is 0 Å². The second-order valence-electron chi connectivity index (χ2n) is 6.56. The molecule has 3 aromatic rings. The molecule has 0 aliphatic rings. The Labute approximate surface area is 174 Å². The van der Waals surface area contributed by atoms with Crippen molar-refractivity contribution >= 4 is 23.3 Å². The molecule has 0 radical (unpaired) electrons. The van der Waals surface area contributed by atoms with Gasteiger partial charge in [-0.15, -0.1) is 0 Å². The normalized spacial score (nSPS) is 10.6. The second kappa shape index (κ2) is 9.94. The third kappa shape index (κ3) is 5.96. The third-order valence-corrected chi connectivity index (χ3v) is 4.60. The molecule has 0 bridgehead atoms. The second-order valence-corrected chi connectivity index (χ2v) is 7.00. The van der Waals surface area contributed by atoms with Crippen molar-refractivity contribution in [3.8, 4) is 17.1 Å². The van der Waals surface area contributed by atoms with Crippen LogP contribution in [0.5, 0.6) is 5.75 Å². The van der Waals surface area contributed by atoms with Gasteiger partial charge in [-0.1, -0.05) is 35.9 Å². The van der Waals surface area contributed by atoms with Crippen LogP contribution in [-0.2, 0) is 0 Å². The lowest BCUT2D eigenvalue weighted by Gasteiger charge is -2.06. The zero-order chi connectivity index (χ0) is 20.6. The van der Waals surface area contributed by atoms with Crippen molar-refractivity contribution < 1.29 is 18.7 Å². The SMILES string of the molecule is CC(=O)c1ccc(-c2ccc(C(=O)NCCCCOc3ccc(Cl)cc3)o2)cc1. The standard InChI is InChI=1S/C23H22ClNO4/c1-16(26)17-4-6-18(7-5-17)21-12-13-22(29-21)23(27)25-14-2-3-15-28-20-10-8-19(24)9-11-20/h4-13H,2-3,14-15H2,1H3,(H,25,27). The van der Waals surface area contributed by atoms with Crippen molar-refractivity contribution in [2.24, 2.45) is 0 Å². The number of carbonyl (C=O) groups is 2. The van der Waals surface area contributed by atoms with Gasteiger partial charge in [0.2, 0.25) is 0 Å². The number of hydrogen-bond donors (Lipinski definition) is 1. The Kier molecular flexibility index (Phi) is 7.09. The molecule has 1 amide bonds. The van der Waals surface area contributed by atoms with E-state index in [4.69, 9.17) is 20.8 Å². The molecule has 150 valence electrons. The minimum Gasteiger partial charge on any atom is -0.494 e. The predicted octanol–water partition coefficient (Wildman–Crippen LogP) is 5.39. The van der Waals surface area contributed by atoms with E-state index in [0.717, 1.165) is 24.2 Å². The number of Topliss-reactive ketones (excluding diaryl/α,β-unsaturated/α-hetero) is 1. The fourth-order valence-electron chi connectivity index (χ4n) is 2.72. The zero-order valence-corrected chi connectivity index (χ0v) is 16.9. The molecule has 0 spiro atoms. The third-order valence-electron chi connectivity index (χ3n) is 4.34. The summed E-state index contributed by atoms with van der Waals surface area (Å²) in [6, 6.07) is 17.7. The van der Waals surface area contributed by atoms with Gasteiger partial charge in [0.05, 0.1) is 6.61 Å². The molecule has 3 rings (SSSR count). The fraction of sp³-hybridized carbons (Fsp3) is 0.217. The van der Waals surface area contributed by atoms with Crippen LogP contribution in [0.25, 0.3) is 11.3 Å². The van der Waals surface area contributed by atoms with Gasteiger partial charge >= 0.3 is 0 Å². The number of rotatable bonds is 9. The molecule has 2 aromatic carbocycles. The smallest absolute Gasteiger partial charge is 0.287 e. The van der Waals surface area contributed by atoms with Crippen molar-refractivity contribution in [2.75, 3.05) is 13.2 Å². The number of hydrogen-bond acceptors (Lipinski definition) is 4. The van der Waals surface area contributed by atoms with Gasteiger partial charge in [-0.25, -0.2) is 0 Å². The number of benzene rings is 2. The zero-order valence-electron chi connectivity index (χ0n) is 16.1. The number of ketones is 1. The molecule has 0 unspecified atom stereocenters. The first-order valence-corrected chi connectivity index (χ1v) is 9.78. The molecular weight excluding hydrogens is 390 g/mol. The highest BCUT2D eigenvalue weighted by Crippen LogP contribution is 2.23. The molecule has 0 saturated heterocycles. The highest BCUT2D eigenvalue weighted by Gasteiger charge is 2.12. The Morgan fingerprint density at radius 3 is 2.38 bits per heavy atom. The van der Waals surface area contributed by atoms with Crippen molar-refractivity contribution in [3.63, 3.8) is 0 Å². The van der Waals surface area contributed by atoms with Gasteiger partial charge in [-0.3, -0.25) is 9.59 Å². The van der Waals surface area contributed by atoms with Crippen LogP contribution in [0, 0.1) is 0 Å². The van der Waals surface area contributed by atoms with E-state index >= 15 is 0 Å². The van der Waals surface area contributed by atoms with Crippen molar-refractivity contribution in [1.29, 1.82) is 0 Å². The summed E-state index contributed by atoms with van der Waals surface area (Å²) in [6.45, 7) is 2.62. The van der Waals surface area contributed by atoms with E-state index in [9.17, 15) is 9.59 Å². The first-order chi connectivity index (χ1) is 14.0. The summed E-state index contributed by atoms with van der Waals surface area (Å²) in [5.74, 6) is 1.37. The number of furan rings is 1. The topological polar surface area (TPSA) is 68.5 Å². The molecule has 5 nitrogen and oxygen atoms in total. The molecule has 0 saturated carbocycles. The predicted molar refractivity (Wildman–Crippen MR) is 113 cm³/mol. The van der Waals surface area contributed by atoms with E-state index in [1.165, 1.54) is 6.92 Å². The number of nitrogens with one attached hydrogen (secondary N) is 1. The highest BCUT2D eigenvalue weighted by atomic mass is 35.5. The maximum absolute atomic E-state index is 12.2. The summed E-state index contributed by atoms with van der Waals surface area (Å²) in [5.41, 5.74) is 1.45. The molecule has 1 N–H and O–H groups in total. The first kappa shape index (κ1) is 20.7. The molecular formula is C23H22ClNO4. The van der Waals surface area contributed by atoms with Crippen LogP contribution in [0.3, 0.4) is 0 Å². The molecule has 29 heavy (non-hydrogen) atoms. The monoisotopic (exact) mass is 411 g/mol. The number of unbranched alkanes of at least 4 members (excludes halogenated alkanes) is 1. The van der Waals surface area contributed by atoms with Gasteiger partial charge < -0.3 is 14.5 Å². The summed E-state index contributed by atoms with van der Waals surface area (Å²) in [4.78, 5) is 23.6. The molecule has 1 aromatic heterocycles. The van der Waals surface area contributed by atoms with E-state index in [2.05, 4.69) is 5.32 Å². The van der Waals surface area contributed by atoms with Gasteiger partial charge in [0, 0.05) is 22.7 Å². The van der Waals surface area contributed by atoms with Gasteiger partial charge in [-0.05, 0) is 56.2 Å². The average Bonchev–Trinajstić information content (AvgIpc) is 3.22. The van der Waals surface area contributed by atoms with Crippen LogP contribution in [0.2, 0.25) is 5.02 Å².